The summed E-state index contributed by atoms with van der Waals surface area (Å²) in [5.74, 6) is 0.876. The lowest BCUT2D eigenvalue weighted by molar-refractivity contribution is 0.0492. The van der Waals surface area contributed by atoms with Gasteiger partial charge in [-0.05, 0) is 44.0 Å². The lowest BCUT2D eigenvalue weighted by Gasteiger charge is -2.20. The van der Waals surface area contributed by atoms with Gasteiger partial charge in [-0.1, -0.05) is 6.07 Å². The molecule has 0 aliphatic carbocycles. The maximum absolute atomic E-state index is 11.5. The minimum Gasteiger partial charge on any atom is -0.493 e. The number of hydrogen-bond acceptors (Lipinski definition) is 4. The van der Waals surface area contributed by atoms with E-state index in [0.29, 0.717) is 6.61 Å². The Kier molecular flexibility index (Phi) is 4.18. The molecule has 1 unspecified atom stereocenters. The second-order valence-corrected chi connectivity index (χ2v) is 5.86. The van der Waals surface area contributed by atoms with Gasteiger partial charge in [-0.3, -0.25) is 0 Å². The number of benzene rings is 1. The summed E-state index contributed by atoms with van der Waals surface area (Å²) < 4.78 is 10.5. The monoisotopic (exact) mass is 279 g/mol. The van der Waals surface area contributed by atoms with Gasteiger partial charge in [0.25, 0.3) is 0 Å². The molecule has 5 nitrogen and oxygen atoms in total. The highest BCUT2D eigenvalue weighted by Crippen LogP contribution is 2.28. The fourth-order valence-electron chi connectivity index (χ4n) is 2.03. The van der Waals surface area contributed by atoms with E-state index in [1.54, 1.807) is 20.8 Å². The molecule has 1 atom stereocenters. The average molecular weight is 279 g/mol. The molecule has 1 heterocycles. The molecule has 0 spiro atoms. The van der Waals surface area contributed by atoms with Crippen molar-refractivity contribution in [3.05, 3.63) is 29.3 Å². The van der Waals surface area contributed by atoms with Crippen LogP contribution in [-0.4, -0.2) is 30.0 Å². The molecule has 2 rings (SSSR count). The summed E-state index contributed by atoms with van der Waals surface area (Å²) in [7, 11) is 0. The van der Waals surface area contributed by atoms with Gasteiger partial charge in [0.1, 0.15) is 11.4 Å². The van der Waals surface area contributed by atoms with Crippen LogP contribution in [0.3, 0.4) is 0 Å². The largest absolute Gasteiger partial charge is 0.493 e. The topological polar surface area (TPSA) is 67.8 Å². The van der Waals surface area contributed by atoms with E-state index in [4.69, 9.17) is 9.47 Å². The van der Waals surface area contributed by atoms with Crippen molar-refractivity contribution in [3.63, 3.8) is 0 Å². The molecule has 0 bridgehead atoms. The van der Waals surface area contributed by atoms with Crippen LogP contribution >= 0.6 is 0 Å². The van der Waals surface area contributed by atoms with Gasteiger partial charge in [-0.25, -0.2) is 4.79 Å². The van der Waals surface area contributed by atoms with Crippen LogP contribution in [0.15, 0.2) is 18.2 Å². The number of ether oxygens (including phenoxy) is 2. The maximum Gasteiger partial charge on any atom is 0.407 e. The highest BCUT2D eigenvalue weighted by atomic mass is 16.6. The Morgan fingerprint density at radius 1 is 1.50 bits per heavy atom. The normalized spacial score (nSPS) is 15.2. The van der Waals surface area contributed by atoms with Gasteiger partial charge in [-0.15, -0.1) is 0 Å². The molecule has 0 saturated carbocycles. The number of amides is 1. The number of nitrogens with one attached hydrogen (secondary N) is 1. The van der Waals surface area contributed by atoms with Gasteiger partial charge < -0.3 is 19.9 Å². The molecule has 110 valence electrons. The molecule has 0 aromatic heterocycles. The second-order valence-electron chi connectivity index (χ2n) is 5.86. The molecule has 0 saturated heterocycles. The SMILES string of the molecule is CC(C)(C)OC(=O)NCC(O)c1ccc2c(c1)CCO2. The maximum atomic E-state index is 11.5. The molecule has 2 N–H and O–H groups in total. The molecule has 1 aliphatic heterocycles. The van der Waals surface area contributed by atoms with Gasteiger partial charge in [0.15, 0.2) is 0 Å². The van der Waals surface area contributed by atoms with E-state index in [9.17, 15) is 9.90 Å². The first-order valence-electron chi connectivity index (χ1n) is 6.76. The van der Waals surface area contributed by atoms with Crippen LogP contribution in [0.25, 0.3) is 0 Å². The van der Waals surface area contributed by atoms with Crippen LogP contribution < -0.4 is 10.1 Å². The van der Waals surface area contributed by atoms with Crippen LogP contribution in [0.5, 0.6) is 5.75 Å². The molecule has 20 heavy (non-hydrogen) atoms. The van der Waals surface area contributed by atoms with Crippen molar-refractivity contribution in [1.82, 2.24) is 5.32 Å². The van der Waals surface area contributed by atoms with Gasteiger partial charge in [0.2, 0.25) is 0 Å². The van der Waals surface area contributed by atoms with Crippen molar-refractivity contribution in [2.45, 2.75) is 38.9 Å². The Labute approximate surface area is 118 Å². The summed E-state index contributed by atoms with van der Waals surface area (Å²) in [5, 5.41) is 12.7. The van der Waals surface area contributed by atoms with E-state index >= 15 is 0 Å². The zero-order valence-electron chi connectivity index (χ0n) is 12.1. The summed E-state index contributed by atoms with van der Waals surface area (Å²) in [4.78, 5) is 11.5. The number of aliphatic hydroxyl groups excluding tert-OH is 1. The number of aliphatic hydroxyl groups is 1. The van der Waals surface area contributed by atoms with Crippen LogP contribution in [-0.2, 0) is 11.2 Å². The predicted octanol–water partition coefficient (Wildman–Crippen LogP) is 2.18. The minimum atomic E-state index is -0.756. The molecule has 5 heteroatoms. The van der Waals surface area contributed by atoms with Crippen molar-refractivity contribution in [2.75, 3.05) is 13.2 Å². The number of carbonyl (C=O) groups excluding carboxylic acids is 1. The molecular weight excluding hydrogens is 258 g/mol. The summed E-state index contributed by atoms with van der Waals surface area (Å²) in [6.07, 6.45) is -0.426. The lowest BCUT2D eigenvalue weighted by Crippen LogP contribution is -2.34. The number of rotatable bonds is 3. The van der Waals surface area contributed by atoms with Gasteiger partial charge >= 0.3 is 6.09 Å². The molecule has 0 radical (unpaired) electrons. The Hall–Kier alpha value is -1.75. The first-order chi connectivity index (χ1) is 9.35. The van der Waals surface area contributed by atoms with Crippen molar-refractivity contribution in [2.24, 2.45) is 0 Å². The van der Waals surface area contributed by atoms with E-state index in [1.807, 2.05) is 18.2 Å². The number of fused-ring (bicyclic) bond motifs is 1. The highest BCUT2D eigenvalue weighted by Gasteiger charge is 2.18. The minimum absolute atomic E-state index is 0.120. The molecule has 0 fully saturated rings. The lowest BCUT2D eigenvalue weighted by atomic mass is 10.0. The third-order valence-corrected chi connectivity index (χ3v) is 2.94. The first-order valence-corrected chi connectivity index (χ1v) is 6.76. The van der Waals surface area contributed by atoms with Crippen LogP contribution in [0, 0.1) is 0 Å². The molecule has 1 aromatic rings. The highest BCUT2D eigenvalue weighted by molar-refractivity contribution is 5.67. The Balaban J connectivity index is 1.89. The third kappa shape index (κ3) is 3.87. The van der Waals surface area contributed by atoms with Crippen molar-refractivity contribution in [3.8, 4) is 5.75 Å². The van der Waals surface area contributed by atoms with Gasteiger partial charge in [0, 0.05) is 6.42 Å². The Morgan fingerprint density at radius 2 is 2.25 bits per heavy atom. The summed E-state index contributed by atoms with van der Waals surface area (Å²) in [6, 6.07) is 5.59. The smallest absolute Gasteiger partial charge is 0.407 e. The fourth-order valence-corrected chi connectivity index (χ4v) is 2.03. The molecule has 1 amide bonds. The van der Waals surface area contributed by atoms with Crippen LogP contribution in [0.4, 0.5) is 4.79 Å². The number of hydrogen-bond donors (Lipinski definition) is 2. The quantitative estimate of drug-likeness (QED) is 0.890. The standard InChI is InChI=1S/C15H21NO4/c1-15(2,3)20-14(18)16-9-12(17)10-4-5-13-11(8-10)6-7-19-13/h4-5,8,12,17H,6-7,9H2,1-3H3,(H,16,18). The van der Waals surface area contributed by atoms with E-state index in [-0.39, 0.29) is 6.54 Å². The second kappa shape index (κ2) is 5.71. The molecule has 1 aliphatic rings. The number of carbonyl (C=O) groups is 1. The van der Waals surface area contributed by atoms with E-state index < -0.39 is 17.8 Å². The number of alkyl carbamates (subject to hydrolysis) is 1. The first kappa shape index (κ1) is 14.7. The zero-order chi connectivity index (χ0) is 14.8. The Bertz CT molecular complexity index is 493. The van der Waals surface area contributed by atoms with E-state index in [0.717, 1.165) is 23.3 Å². The predicted molar refractivity (Wildman–Crippen MR) is 74.8 cm³/mol. The summed E-state index contributed by atoms with van der Waals surface area (Å²) in [5.41, 5.74) is 1.32. The van der Waals surface area contributed by atoms with Crippen molar-refractivity contribution < 1.29 is 19.4 Å². The van der Waals surface area contributed by atoms with Crippen LogP contribution in [0.1, 0.15) is 38.0 Å². The van der Waals surface area contributed by atoms with E-state index in [1.165, 1.54) is 0 Å². The zero-order valence-corrected chi connectivity index (χ0v) is 12.1. The average Bonchev–Trinajstić information content (AvgIpc) is 2.80. The van der Waals surface area contributed by atoms with Gasteiger partial charge in [0.05, 0.1) is 19.3 Å². The van der Waals surface area contributed by atoms with E-state index in [2.05, 4.69) is 5.32 Å². The van der Waals surface area contributed by atoms with Crippen molar-refractivity contribution >= 4 is 6.09 Å². The summed E-state index contributed by atoms with van der Waals surface area (Å²) in [6.45, 7) is 6.19. The van der Waals surface area contributed by atoms with Gasteiger partial charge in [-0.2, -0.15) is 0 Å². The van der Waals surface area contributed by atoms with Crippen molar-refractivity contribution in [1.29, 1.82) is 0 Å². The third-order valence-electron chi connectivity index (χ3n) is 2.94. The molecule has 1 aromatic carbocycles. The molecular formula is C15H21NO4. The fraction of sp³-hybridized carbons (Fsp3) is 0.533. The summed E-state index contributed by atoms with van der Waals surface area (Å²) >= 11 is 0. The van der Waals surface area contributed by atoms with Crippen LogP contribution in [0.2, 0.25) is 0 Å². The Morgan fingerprint density at radius 3 is 2.95 bits per heavy atom.